The Labute approximate surface area is 141 Å². The van der Waals surface area contributed by atoms with Crippen molar-refractivity contribution < 1.29 is 28.0 Å². The molecule has 0 amide bonds. The van der Waals surface area contributed by atoms with E-state index in [0.717, 1.165) is 7.11 Å². The molecule has 1 saturated heterocycles. The van der Waals surface area contributed by atoms with E-state index in [1.165, 1.54) is 18.0 Å². The van der Waals surface area contributed by atoms with Crippen LogP contribution in [0.4, 0.5) is 5.82 Å². The number of methoxy groups -OCH3 is 1. The molecule has 1 aliphatic rings. The van der Waals surface area contributed by atoms with Crippen molar-refractivity contribution in [1.82, 2.24) is 19.5 Å². The Hall–Kier alpha value is -1.82. The molecule has 13 heteroatoms. The zero-order valence-electron chi connectivity index (χ0n) is 13.5. The van der Waals surface area contributed by atoms with Crippen LogP contribution in [0.3, 0.4) is 0 Å². The lowest BCUT2D eigenvalue weighted by atomic mass is 10.2. The van der Waals surface area contributed by atoms with Crippen molar-refractivity contribution in [2.75, 3.05) is 26.6 Å². The molecule has 2 unspecified atom stereocenters. The number of H-pyrrole nitrogens is 1. The van der Waals surface area contributed by atoms with Crippen LogP contribution in [-0.2, 0) is 23.1 Å². The minimum absolute atomic E-state index is 0.0900. The van der Waals surface area contributed by atoms with Gasteiger partial charge in [0.15, 0.2) is 5.65 Å². The number of phosphoric acid groups is 1. The summed E-state index contributed by atoms with van der Waals surface area (Å²) >= 11 is 0. The Morgan fingerprint density at radius 3 is 3.00 bits per heavy atom. The summed E-state index contributed by atoms with van der Waals surface area (Å²) in [7, 11) is -1.66. The molecule has 2 aromatic heterocycles. The van der Waals surface area contributed by atoms with E-state index in [0.29, 0.717) is 5.52 Å². The second-order valence-electron chi connectivity index (χ2n) is 5.39. The molecule has 12 nitrogen and oxygen atoms in total. The zero-order valence-corrected chi connectivity index (χ0v) is 14.4. The Kier molecular flexibility index (Phi) is 4.91. The first-order valence-electron chi connectivity index (χ1n) is 7.28. The smallest absolute Gasteiger partial charge is 0.383 e. The number of nitrogens with zero attached hydrogens (tertiary/aromatic N) is 3. The van der Waals surface area contributed by atoms with Crippen molar-refractivity contribution in [2.24, 2.45) is 0 Å². The van der Waals surface area contributed by atoms with Gasteiger partial charge in [0.25, 0.3) is 0 Å². The van der Waals surface area contributed by atoms with Crippen LogP contribution in [0.25, 0.3) is 11.2 Å². The van der Waals surface area contributed by atoms with Crippen LogP contribution in [0.2, 0.25) is 0 Å². The zero-order chi connectivity index (χ0) is 18.2. The van der Waals surface area contributed by atoms with Gasteiger partial charge in [0, 0.05) is 20.6 Å². The molecule has 4 N–H and O–H groups in total. The highest BCUT2D eigenvalue weighted by molar-refractivity contribution is 7.47. The van der Waals surface area contributed by atoms with E-state index in [4.69, 9.17) is 19.7 Å². The summed E-state index contributed by atoms with van der Waals surface area (Å²) in [6.45, 7) is 0.133. The van der Waals surface area contributed by atoms with Crippen LogP contribution >= 0.6 is 7.82 Å². The second-order valence-corrected chi connectivity index (χ2v) is 6.91. The van der Waals surface area contributed by atoms with Crippen LogP contribution in [-0.4, -0.2) is 57.4 Å². The molecule has 0 aromatic carbocycles. The maximum atomic E-state index is 11.7. The van der Waals surface area contributed by atoms with Gasteiger partial charge in [0.05, 0.1) is 12.9 Å². The number of aromatic nitrogens is 4. The summed E-state index contributed by atoms with van der Waals surface area (Å²) in [5.74, 6) is 0.0900. The number of nitrogens with one attached hydrogen (secondary N) is 1. The largest absolute Gasteiger partial charge is 0.472 e. The molecule has 3 heterocycles. The summed E-state index contributed by atoms with van der Waals surface area (Å²) in [4.78, 5) is 31.4. The van der Waals surface area contributed by atoms with Gasteiger partial charge in [-0.1, -0.05) is 0 Å². The summed E-state index contributed by atoms with van der Waals surface area (Å²) in [5.41, 5.74) is 5.67. The number of imidazole rings is 1. The van der Waals surface area contributed by atoms with Crippen LogP contribution in [0.15, 0.2) is 11.1 Å². The highest BCUT2D eigenvalue weighted by Gasteiger charge is 2.41. The molecule has 0 radical (unpaired) electrons. The number of fused-ring (bicyclic) bond motifs is 1. The van der Waals surface area contributed by atoms with E-state index in [1.807, 2.05) is 0 Å². The molecule has 3 rings (SSSR count). The lowest BCUT2D eigenvalue weighted by Gasteiger charge is -2.19. The second kappa shape index (κ2) is 6.83. The number of rotatable bonds is 6. The number of nitrogen functional groups attached to an aromatic ring is 1. The Morgan fingerprint density at radius 1 is 1.56 bits per heavy atom. The standard InChI is InChI=1S/C12H18N5O7P/c1-21-4-7-6(24-25(19,20)22-2)3-8(23-7)17-5-14-9-10(13)15-12(18)16-11(9)17/h5-8H,3-4H2,1-2H3,(H,19,20)(H3,13,15,16,18)/t6?,7-,8-/m1/s1. The van der Waals surface area contributed by atoms with Crippen molar-refractivity contribution in [3.8, 4) is 0 Å². The Balaban J connectivity index is 1.91. The van der Waals surface area contributed by atoms with E-state index < -0.39 is 31.9 Å². The summed E-state index contributed by atoms with van der Waals surface area (Å²) < 4.78 is 33.7. The van der Waals surface area contributed by atoms with Gasteiger partial charge in [-0.2, -0.15) is 4.98 Å². The highest BCUT2D eigenvalue weighted by atomic mass is 31.2. The normalized spacial score (nSPS) is 26.1. The van der Waals surface area contributed by atoms with E-state index in [1.54, 1.807) is 0 Å². The summed E-state index contributed by atoms with van der Waals surface area (Å²) in [6.07, 6.45) is -0.407. The van der Waals surface area contributed by atoms with Gasteiger partial charge in [-0.05, 0) is 0 Å². The molecule has 1 fully saturated rings. The molecule has 0 saturated carbocycles. The monoisotopic (exact) mass is 375 g/mol. The maximum absolute atomic E-state index is 11.7. The molecule has 0 spiro atoms. The Morgan fingerprint density at radius 2 is 2.32 bits per heavy atom. The fraction of sp³-hybridized carbons (Fsp3) is 0.583. The van der Waals surface area contributed by atoms with Crippen LogP contribution in [0.1, 0.15) is 12.6 Å². The molecule has 4 atom stereocenters. The number of hydrogen-bond donors (Lipinski definition) is 3. The predicted octanol–water partition coefficient (Wildman–Crippen LogP) is -0.232. The van der Waals surface area contributed by atoms with Crippen molar-refractivity contribution >= 4 is 24.8 Å². The molecule has 2 aromatic rings. The first kappa shape index (κ1) is 18.0. The Bertz CT molecular complexity index is 867. The van der Waals surface area contributed by atoms with Gasteiger partial charge in [0.2, 0.25) is 0 Å². The molecule has 138 valence electrons. The van der Waals surface area contributed by atoms with Gasteiger partial charge >= 0.3 is 13.5 Å². The number of ether oxygens (including phenoxy) is 2. The van der Waals surface area contributed by atoms with Gasteiger partial charge in [0.1, 0.15) is 29.8 Å². The number of nitrogens with two attached hydrogens (primary N) is 1. The quantitative estimate of drug-likeness (QED) is 0.574. The van der Waals surface area contributed by atoms with Gasteiger partial charge in [-0.25, -0.2) is 14.3 Å². The number of aromatic amines is 1. The lowest BCUT2D eigenvalue weighted by Crippen LogP contribution is -2.28. The summed E-state index contributed by atoms with van der Waals surface area (Å²) in [5, 5.41) is 0. The third-order valence-corrected chi connectivity index (χ3v) is 4.79. The lowest BCUT2D eigenvalue weighted by molar-refractivity contribution is -0.0520. The topological polar surface area (TPSA) is 164 Å². The average Bonchev–Trinajstić information content (AvgIpc) is 3.12. The van der Waals surface area contributed by atoms with Crippen LogP contribution < -0.4 is 11.4 Å². The fourth-order valence-electron chi connectivity index (χ4n) is 2.68. The number of hydrogen-bond acceptors (Lipinski definition) is 9. The highest BCUT2D eigenvalue weighted by Crippen LogP contribution is 2.47. The minimum atomic E-state index is -4.20. The van der Waals surface area contributed by atoms with E-state index >= 15 is 0 Å². The molecule has 0 aliphatic carbocycles. The SMILES string of the molecule is COC[C@H]1O[C@@H](n2cnc3c(N)[nH]c(=O)nc32)CC1OP(=O)(O)OC. The van der Waals surface area contributed by atoms with E-state index in [2.05, 4.69) is 19.5 Å². The van der Waals surface area contributed by atoms with Crippen LogP contribution in [0, 0.1) is 0 Å². The number of phosphoric ester groups is 1. The molecule has 0 bridgehead atoms. The molecular formula is C12H18N5O7P. The first-order chi connectivity index (χ1) is 11.8. The first-order valence-corrected chi connectivity index (χ1v) is 8.78. The molecule has 1 aliphatic heterocycles. The van der Waals surface area contributed by atoms with Crippen molar-refractivity contribution in [2.45, 2.75) is 24.9 Å². The molecule has 25 heavy (non-hydrogen) atoms. The van der Waals surface area contributed by atoms with Gasteiger partial charge < -0.3 is 20.1 Å². The van der Waals surface area contributed by atoms with Gasteiger partial charge in [-0.15, -0.1) is 0 Å². The van der Waals surface area contributed by atoms with E-state index in [-0.39, 0.29) is 24.5 Å². The average molecular weight is 375 g/mol. The fourth-order valence-corrected chi connectivity index (χ4v) is 3.33. The van der Waals surface area contributed by atoms with Crippen molar-refractivity contribution in [3.63, 3.8) is 0 Å². The third kappa shape index (κ3) is 3.59. The maximum Gasteiger partial charge on any atom is 0.472 e. The van der Waals surface area contributed by atoms with Crippen LogP contribution in [0.5, 0.6) is 0 Å². The van der Waals surface area contributed by atoms with Crippen molar-refractivity contribution in [1.29, 1.82) is 0 Å². The van der Waals surface area contributed by atoms with E-state index in [9.17, 15) is 14.3 Å². The predicted molar refractivity (Wildman–Crippen MR) is 84.7 cm³/mol. The van der Waals surface area contributed by atoms with Gasteiger partial charge in [-0.3, -0.25) is 18.6 Å². The minimum Gasteiger partial charge on any atom is -0.383 e. The molecular weight excluding hydrogens is 357 g/mol. The number of anilines is 1. The summed E-state index contributed by atoms with van der Waals surface area (Å²) in [6, 6.07) is 0. The van der Waals surface area contributed by atoms with Crippen molar-refractivity contribution in [3.05, 3.63) is 16.8 Å². The third-order valence-electron chi connectivity index (χ3n) is 3.79.